The Labute approximate surface area is 137 Å². The summed E-state index contributed by atoms with van der Waals surface area (Å²) in [7, 11) is 0. The fourth-order valence-corrected chi connectivity index (χ4v) is 2.93. The van der Waals surface area contributed by atoms with Crippen molar-refractivity contribution in [3.05, 3.63) is 59.9 Å². The number of anilines is 2. The highest BCUT2D eigenvalue weighted by molar-refractivity contribution is 6.26. The van der Waals surface area contributed by atoms with Crippen molar-refractivity contribution in [1.29, 1.82) is 0 Å². The van der Waals surface area contributed by atoms with Crippen LogP contribution in [0.1, 0.15) is 5.56 Å². The van der Waals surface area contributed by atoms with E-state index in [1.54, 1.807) is 49.4 Å². The van der Waals surface area contributed by atoms with Crippen LogP contribution in [0.5, 0.6) is 0 Å². The molecule has 0 spiro atoms. The second-order valence-electron chi connectivity index (χ2n) is 5.72. The van der Waals surface area contributed by atoms with Gasteiger partial charge in [0, 0.05) is 0 Å². The maximum atomic E-state index is 13.8. The highest BCUT2D eigenvalue weighted by atomic mass is 19.1. The summed E-state index contributed by atoms with van der Waals surface area (Å²) in [5.41, 5.74) is 1.38. The fourth-order valence-electron chi connectivity index (χ4n) is 2.93. The molecule has 7 heteroatoms. The summed E-state index contributed by atoms with van der Waals surface area (Å²) in [5.74, 6) is -1.24. The van der Waals surface area contributed by atoms with Gasteiger partial charge in [0.15, 0.2) is 12.1 Å². The van der Waals surface area contributed by atoms with Gasteiger partial charge in [0.2, 0.25) is 0 Å². The molecular weight excluding hydrogens is 311 g/mol. The van der Waals surface area contributed by atoms with Crippen molar-refractivity contribution in [1.82, 2.24) is 0 Å². The highest BCUT2D eigenvalue weighted by Gasteiger charge is 2.55. The molecule has 4 rings (SSSR count). The molecule has 2 unspecified atom stereocenters. The van der Waals surface area contributed by atoms with Crippen LogP contribution in [0, 0.1) is 12.7 Å². The van der Waals surface area contributed by atoms with Gasteiger partial charge in [-0.05, 0) is 36.8 Å². The van der Waals surface area contributed by atoms with Crippen LogP contribution in [0.3, 0.4) is 0 Å². The van der Waals surface area contributed by atoms with Crippen LogP contribution in [-0.4, -0.2) is 23.9 Å². The Bertz CT molecular complexity index is 868. The van der Waals surface area contributed by atoms with E-state index in [4.69, 9.17) is 0 Å². The third kappa shape index (κ3) is 2.01. The van der Waals surface area contributed by atoms with Crippen LogP contribution >= 0.6 is 0 Å². The molecule has 2 amide bonds. The maximum Gasteiger partial charge on any atom is 0.263 e. The number of hydrogen-bond acceptors (Lipinski definition) is 5. The molecule has 1 saturated heterocycles. The van der Waals surface area contributed by atoms with Gasteiger partial charge >= 0.3 is 0 Å². The Morgan fingerprint density at radius 2 is 1.75 bits per heavy atom. The minimum atomic E-state index is -0.901. The second-order valence-corrected chi connectivity index (χ2v) is 5.72. The first-order chi connectivity index (χ1) is 11.6. The molecule has 0 saturated carbocycles. The molecule has 6 nitrogen and oxygen atoms in total. The first-order valence-corrected chi connectivity index (χ1v) is 7.47. The average molecular weight is 324 g/mol. The van der Waals surface area contributed by atoms with E-state index in [-0.39, 0.29) is 0 Å². The molecule has 2 aromatic carbocycles. The normalized spacial score (nSPS) is 22.4. The summed E-state index contributed by atoms with van der Waals surface area (Å²) in [5, 5.41) is 9.16. The number of benzene rings is 2. The molecule has 2 heterocycles. The van der Waals surface area contributed by atoms with Crippen LogP contribution in [0.15, 0.2) is 58.9 Å². The van der Waals surface area contributed by atoms with E-state index in [9.17, 15) is 14.0 Å². The molecule has 2 atom stereocenters. The van der Waals surface area contributed by atoms with Crippen molar-refractivity contribution in [3.8, 4) is 0 Å². The maximum absolute atomic E-state index is 13.8. The van der Waals surface area contributed by atoms with E-state index in [2.05, 4.69) is 10.3 Å². The quantitative estimate of drug-likeness (QED) is 0.798. The molecule has 2 aliphatic heterocycles. The summed E-state index contributed by atoms with van der Waals surface area (Å²) < 4.78 is 13.8. The van der Waals surface area contributed by atoms with Gasteiger partial charge in [-0.25, -0.2) is 14.3 Å². The summed E-state index contributed by atoms with van der Waals surface area (Å²) in [6, 6.07) is 11.4. The van der Waals surface area contributed by atoms with E-state index < -0.39 is 29.7 Å². The molecule has 120 valence electrons. The van der Waals surface area contributed by atoms with E-state index in [0.717, 1.165) is 4.90 Å². The van der Waals surface area contributed by atoms with E-state index >= 15 is 0 Å². The number of rotatable bonds is 2. The molecule has 1 fully saturated rings. The smallest absolute Gasteiger partial charge is 0.263 e. The van der Waals surface area contributed by atoms with Gasteiger partial charge in [-0.1, -0.05) is 29.5 Å². The Morgan fingerprint density at radius 3 is 2.46 bits per heavy atom. The predicted octanol–water partition coefficient (Wildman–Crippen LogP) is 2.63. The zero-order chi connectivity index (χ0) is 16.8. The lowest BCUT2D eigenvalue weighted by atomic mass is 10.1. The minimum absolute atomic E-state index is 0.394. The third-order valence-electron chi connectivity index (χ3n) is 4.22. The lowest BCUT2D eigenvalue weighted by molar-refractivity contribution is -0.121. The molecule has 0 N–H and O–H groups in total. The molecule has 2 aliphatic rings. The van der Waals surface area contributed by atoms with Crippen molar-refractivity contribution in [2.45, 2.75) is 19.0 Å². The fraction of sp³-hybridized carbons (Fsp3) is 0.176. The molecule has 0 bridgehead atoms. The minimum Gasteiger partial charge on any atom is -0.271 e. The van der Waals surface area contributed by atoms with Crippen LogP contribution < -0.4 is 9.91 Å². The van der Waals surface area contributed by atoms with E-state index in [1.165, 1.54) is 11.1 Å². The van der Waals surface area contributed by atoms with Crippen molar-refractivity contribution < 1.29 is 14.0 Å². The van der Waals surface area contributed by atoms with Crippen LogP contribution in [0.2, 0.25) is 0 Å². The van der Waals surface area contributed by atoms with Crippen molar-refractivity contribution in [2.75, 3.05) is 9.91 Å². The van der Waals surface area contributed by atoms with Gasteiger partial charge < -0.3 is 0 Å². The van der Waals surface area contributed by atoms with Gasteiger partial charge in [-0.2, -0.15) is 5.11 Å². The van der Waals surface area contributed by atoms with Crippen molar-refractivity contribution in [2.24, 2.45) is 10.3 Å². The van der Waals surface area contributed by atoms with Crippen LogP contribution in [0.4, 0.5) is 15.8 Å². The summed E-state index contributed by atoms with van der Waals surface area (Å²) in [6.07, 6.45) is 0. The molecule has 0 aliphatic carbocycles. The number of aryl methyl sites for hydroxylation is 1. The lowest BCUT2D eigenvalue weighted by Crippen LogP contribution is -2.40. The number of nitrogens with zero attached hydrogens (tertiary/aromatic N) is 4. The third-order valence-corrected chi connectivity index (χ3v) is 4.22. The number of amides is 2. The monoisotopic (exact) mass is 324 g/mol. The van der Waals surface area contributed by atoms with Gasteiger partial charge in [0.1, 0.15) is 5.82 Å². The van der Waals surface area contributed by atoms with Gasteiger partial charge in [0.05, 0.1) is 11.4 Å². The number of carbonyl (C=O) groups is 2. The van der Waals surface area contributed by atoms with Crippen LogP contribution in [0.25, 0.3) is 0 Å². The SMILES string of the molecule is Cc1ccc(N2N=NC3C(=O)N(c4ccccc4)C(=O)C32)cc1F. The number of carbonyl (C=O) groups excluding carboxylic acids is 2. The van der Waals surface area contributed by atoms with E-state index in [0.29, 0.717) is 16.9 Å². The van der Waals surface area contributed by atoms with Gasteiger partial charge in [0.25, 0.3) is 11.8 Å². The lowest BCUT2D eigenvalue weighted by Gasteiger charge is -2.20. The zero-order valence-electron chi connectivity index (χ0n) is 12.8. The molecule has 0 aromatic heterocycles. The topological polar surface area (TPSA) is 65.3 Å². The Kier molecular flexibility index (Phi) is 3.16. The first-order valence-electron chi connectivity index (χ1n) is 7.47. The second kappa shape index (κ2) is 5.23. The number of para-hydroxylation sites is 1. The Hall–Kier alpha value is -3.09. The summed E-state index contributed by atoms with van der Waals surface area (Å²) in [4.78, 5) is 26.4. The van der Waals surface area contributed by atoms with E-state index in [1.807, 2.05) is 0 Å². The largest absolute Gasteiger partial charge is 0.271 e. The standard InChI is InChI=1S/C17H13FN4O2/c1-10-7-8-12(9-13(10)18)22-15-14(19-20-22)16(23)21(17(15)24)11-5-3-2-4-6-11/h2-9,14-15H,1H3. The summed E-state index contributed by atoms with van der Waals surface area (Å²) in [6.45, 7) is 1.65. The van der Waals surface area contributed by atoms with Crippen molar-refractivity contribution >= 4 is 23.2 Å². The predicted molar refractivity (Wildman–Crippen MR) is 85.0 cm³/mol. The molecule has 2 aromatic rings. The highest BCUT2D eigenvalue weighted by Crippen LogP contribution is 2.35. The Balaban J connectivity index is 1.71. The first kappa shape index (κ1) is 14.5. The van der Waals surface area contributed by atoms with Gasteiger partial charge in [-0.15, -0.1) is 0 Å². The number of halogens is 1. The van der Waals surface area contributed by atoms with Crippen LogP contribution in [-0.2, 0) is 9.59 Å². The number of imide groups is 1. The van der Waals surface area contributed by atoms with Gasteiger partial charge in [-0.3, -0.25) is 9.59 Å². The number of fused-ring (bicyclic) bond motifs is 1. The average Bonchev–Trinajstić information content (AvgIpc) is 3.12. The number of hydrogen-bond donors (Lipinski definition) is 0. The van der Waals surface area contributed by atoms with Crippen molar-refractivity contribution in [3.63, 3.8) is 0 Å². The molecule has 24 heavy (non-hydrogen) atoms. The zero-order valence-corrected chi connectivity index (χ0v) is 12.8. The molecular formula is C17H13FN4O2. The molecule has 0 radical (unpaired) electrons. The summed E-state index contributed by atoms with van der Waals surface area (Å²) >= 11 is 0. The Morgan fingerprint density at radius 1 is 1.00 bits per heavy atom.